The third-order valence-corrected chi connectivity index (χ3v) is 2.87. The summed E-state index contributed by atoms with van der Waals surface area (Å²) in [6.07, 6.45) is 0.144. The van der Waals surface area contributed by atoms with Gasteiger partial charge in [0.1, 0.15) is 5.82 Å². The minimum atomic E-state index is -4.07. The molecule has 4 nitrogen and oxygen atoms in total. The predicted molar refractivity (Wildman–Crippen MR) is 48.2 cm³/mol. The molecule has 2 N–H and O–H groups in total. The highest BCUT2D eigenvalue weighted by atomic mass is 35.5. The zero-order chi connectivity index (χ0) is 10.9. The van der Waals surface area contributed by atoms with Gasteiger partial charge in [-0.05, 0) is 12.1 Å². The zero-order valence-corrected chi connectivity index (χ0v) is 8.27. The molecule has 0 bridgehead atoms. The fraction of sp³-hybridized carbons (Fsp3) is 0. The zero-order valence-electron chi connectivity index (χ0n) is 6.70. The van der Waals surface area contributed by atoms with Gasteiger partial charge >= 0.3 is 0 Å². The molecule has 0 heterocycles. The Balaban J connectivity index is 3.63. The molecule has 0 spiro atoms. The summed E-state index contributed by atoms with van der Waals surface area (Å²) in [5.74, 6) is -0.874. The van der Waals surface area contributed by atoms with Crippen LogP contribution in [0.3, 0.4) is 0 Å². The Morgan fingerprint density at radius 2 is 2.00 bits per heavy atom. The molecule has 7 heteroatoms. The average Bonchev–Trinajstić information content (AvgIpc) is 2.07. The van der Waals surface area contributed by atoms with Gasteiger partial charge in [0.05, 0.1) is 15.5 Å². The third-order valence-electron chi connectivity index (χ3n) is 1.52. The van der Waals surface area contributed by atoms with E-state index in [0.717, 1.165) is 12.1 Å². The van der Waals surface area contributed by atoms with Crippen LogP contribution >= 0.6 is 11.6 Å². The number of halogens is 2. The number of hydrogen-bond acceptors (Lipinski definition) is 3. The molecule has 1 aromatic carbocycles. The molecule has 0 saturated heterocycles. The Morgan fingerprint density at radius 3 is 2.43 bits per heavy atom. The van der Waals surface area contributed by atoms with Gasteiger partial charge < -0.3 is 0 Å². The van der Waals surface area contributed by atoms with Crippen LogP contribution in [0.5, 0.6) is 0 Å². The van der Waals surface area contributed by atoms with Crippen molar-refractivity contribution in [2.24, 2.45) is 5.14 Å². The molecule has 1 aromatic rings. The fourth-order valence-electron chi connectivity index (χ4n) is 0.907. The molecule has 1 rings (SSSR count). The van der Waals surface area contributed by atoms with E-state index in [0.29, 0.717) is 0 Å². The smallest absolute Gasteiger partial charge is 0.238 e. The summed E-state index contributed by atoms with van der Waals surface area (Å²) in [6.45, 7) is 0. The second kappa shape index (κ2) is 3.64. The van der Waals surface area contributed by atoms with Crippen LogP contribution in [0.1, 0.15) is 10.4 Å². The van der Waals surface area contributed by atoms with E-state index in [4.69, 9.17) is 16.7 Å². The number of benzene rings is 1. The summed E-state index contributed by atoms with van der Waals surface area (Å²) < 4.78 is 34.6. The molecule has 0 aromatic heterocycles. The summed E-state index contributed by atoms with van der Waals surface area (Å²) in [7, 11) is -4.07. The van der Waals surface area contributed by atoms with Gasteiger partial charge in [-0.15, -0.1) is 0 Å². The standard InChI is InChI=1S/C7H5ClFNO3S/c8-7-4(3-11)6(14(10,12)13)2-1-5(7)9/h1-3H,(H2,10,12,13). The van der Waals surface area contributed by atoms with Gasteiger partial charge in [0, 0.05) is 0 Å². The first kappa shape index (κ1) is 11.1. The fourth-order valence-corrected chi connectivity index (χ4v) is 1.89. The maximum atomic E-state index is 12.8. The minimum absolute atomic E-state index is 0.144. The van der Waals surface area contributed by atoms with Gasteiger partial charge in [-0.25, -0.2) is 17.9 Å². The number of primary sulfonamides is 1. The van der Waals surface area contributed by atoms with Gasteiger partial charge in [0.25, 0.3) is 0 Å². The van der Waals surface area contributed by atoms with Gasteiger partial charge in [-0.2, -0.15) is 0 Å². The maximum Gasteiger partial charge on any atom is 0.238 e. The number of hydrogen-bond donors (Lipinski definition) is 1. The topological polar surface area (TPSA) is 77.2 Å². The second-order valence-electron chi connectivity index (χ2n) is 2.44. The van der Waals surface area contributed by atoms with Crippen LogP contribution in [0.25, 0.3) is 0 Å². The lowest BCUT2D eigenvalue weighted by Gasteiger charge is -2.04. The number of carbonyl (C=O) groups excluding carboxylic acids is 1. The van der Waals surface area contributed by atoms with Crippen molar-refractivity contribution in [2.45, 2.75) is 4.90 Å². The summed E-state index contributed by atoms with van der Waals surface area (Å²) in [5, 5.41) is 4.23. The lowest BCUT2D eigenvalue weighted by atomic mass is 10.2. The van der Waals surface area contributed by atoms with E-state index in [9.17, 15) is 17.6 Å². The Hall–Kier alpha value is -0.980. The van der Waals surface area contributed by atoms with E-state index in [-0.39, 0.29) is 6.29 Å². The molecule has 76 valence electrons. The van der Waals surface area contributed by atoms with Crippen LogP contribution in [0, 0.1) is 5.82 Å². The van der Waals surface area contributed by atoms with Crippen molar-refractivity contribution in [3.05, 3.63) is 28.5 Å². The highest BCUT2D eigenvalue weighted by Gasteiger charge is 2.18. The van der Waals surface area contributed by atoms with E-state index in [1.165, 1.54) is 0 Å². The Labute approximate surface area is 84.5 Å². The van der Waals surface area contributed by atoms with Crippen molar-refractivity contribution < 1.29 is 17.6 Å². The van der Waals surface area contributed by atoms with Crippen molar-refractivity contribution in [1.29, 1.82) is 0 Å². The highest BCUT2D eigenvalue weighted by Crippen LogP contribution is 2.24. The normalized spacial score (nSPS) is 11.4. The van der Waals surface area contributed by atoms with E-state index < -0.39 is 31.3 Å². The maximum absolute atomic E-state index is 12.8. The highest BCUT2D eigenvalue weighted by molar-refractivity contribution is 7.89. The molecule has 14 heavy (non-hydrogen) atoms. The van der Waals surface area contributed by atoms with Crippen LogP contribution in [-0.4, -0.2) is 14.7 Å². The first-order chi connectivity index (χ1) is 6.38. The molecule has 0 atom stereocenters. The molecule has 0 amide bonds. The molecule has 0 unspecified atom stereocenters. The Kier molecular flexibility index (Phi) is 2.89. The molecule has 0 saturated carbocycles. The van der Waals surface area contributed by atoms with Crippen LogP contribution in [0.15, 0.2) is 17.0 Å². The van der Waals surface area contributed by atoms with Gasteiger partial charge in [0.2, 0.25) is 10.0 Å². The molecule has 0 aliphatic rings. The van der Waals surface area contributed by atoms with Gasteiger partial charge in [0.15, 0.2) is 6.29 Å². The van der Waals surface area contributed by atoms with Gasteiger partial charge in [-0.3, -0.25) is 4.79 Å². The molecular weight excluding hydrogens is 233 g/mol. The molecule has 0 radical (unpaired) electrons. The quantitative estimate of drug-likeness (QED) is 0.778. The second-order valence-corrected chi connectivity index (χ2v) is 4.34. The first-order valence-electron chi connectivity index (χ1n) is 3.34. The van der Waals surface area contributed by atoms with Crippen LogP contribution in [0.2, 0.25) is 5.02 Å². The van der Waals surface area contributed by atoms with Crippen molar-refractivity contribution in [1.82, 2.24) is 0 Å². The van der Waals surface area contributed by atoms with Crippen LogP contribution < -0.4 is 5.14 Å². The number of sulfonamides is 1. The number of aldehydes is 1. The predicted octanol–water partition coefficient (Wildman–Crippen LogP) is 0.939. The molecule has 0 aliphatic heterocycles. The summed E-state index contributed by atoms with van der Waals surface area (Å²) >= 11 is 5.38. The number of carbonyl (C=O) groups is 1. The van der Waals surface area contributed by atoms with Crippen LogP contribution in [0.4, 0.5) is 4.39 Å². The molecule has 0 aliphatic carbocycles. The first-order valence-corrected chi connectivity index (χ1v) is 5.26. The van der Waals surface area contributed by atoms with Gasteiger partial charge in [-0.1, -0.05) is 11.6 Å². The largest absolute Gasteiger partial charge is 0.298 e. The van der Waals surface area contributed by atoms with Crippen molar-refractivity contribution in [3.8, 4) is 0 Å². The number of rotatable bonds is 2. The molecular formula is C7H5ClFNO3S. The van der Waals surface area contributed by atoms with Crippen LogP contribution in [-0.2, 0) is 10.0 Å². The monoisotopic (exact) mass is 237 g/mol. The Morgan fingerprint density at radius 1 is 1.43 bits per heavy atom. The van der Waals surface area contributed by atoms with E-state index in [2.05, 4.69) is 0 Å². The van der Waals surface area contributed by atoms with Crippen molar-refractivity contribution >= 4 is 27.9 Å². The van der Waals surface area contributed by atoms with E-state index >= 15 is 0 Å². The Bertz CT molecular complexity index is 486. The minimum Gasteiger partial charge on any atom is -0.298 e. The lowest BCUT2D eigenvalue weighted by molar-refractivity contribution is 0.112. The number of nitrogens with two attached hydrogens (primary N) is 1. The molecule has 0 fully saturated rings. The lowest BCUT2D eigenvalue weighted by Crippen LogP contribution is -2.15. The summed E-state index contributed by atoms with van der Waals surface area (Å²) in [4.78, 5) is 9.99. The third kappa shape index (κ3) is 1.92. The summed E-state index contributed by atoms with van der Waals surface area (Å²) in [5.41, 5.74) is -0.464. The van der Waals surface area contributed by atoms with E-state index in [1.54, 1.807) is 0 Å². The van der Waals surface area contributed by atoms with Crippen molar-refractivity contribution in [3.63, 3.8) is 0 Å². The van der Waals surface area contributed by atoms with Crippen molar-refractivity contribution in [2.75, 3.05) is 0 Å². The summed E-state index contributed by atoms with van der Waals surface area (Å²) in [6, 6.07) is 1.72. The van der Waals surface area contributed by atoms with E-state index in [1.807, 2.05) is 0 Å². The SMILES string of the molecule is NS(=O)(=O)c1ccc(F)c(Cl)c1C=O. The average molecular weight is 238 g/mol.